The van der Waals surface area contributed by atoms with Crippen LogP contribution in [0.25, 0.3) is 0 Å². The molecule has 3 nitrogen and oxygen atoms in total. The molecule has 108 valence electrons. The SMILES string of the molecule is CC(C#N)(CCCCOC1CCCCC1)NC1CC1. The van der Waals surface area contributed by atoms with Gasteiger partial charge in [-0.15, -0.1) is 0 Å². The van der Waals surface area contributed by atoms with Crippen molar-refractivity contribution in [2.45, 2.75) is 88.8 Å². The van der Waals surface area contributed by atoms with E-state index in [9.17, 15) is 5.26 Å². The number of ether oxygens (including phenoxy) is 1. The van der Waals surface area contributed by atoms with E-state index in [-0.39, 0.29) is 5.54 Å². The Morgan fingerprint density at radius 2 is 1.89 bits per heavy atom. The van der Waals surface area contributed by atoms with Crippen molar-refractivity contribution in [3.05, 3.63) is 0 Å². The van der Waals surface area contributed by atoms with E-state index >= 15 is 0 Å². The molecule has 2 aliphatic carbocycles. The van der Waals surface area contributed by atoms with E-state index in [1.165, 1.54) is 44.9 Å². The fraction of sp³-hybridized carbons (Fsp3) is 0.938. The summed E-state index contributed by atoms with van der Waals surface area (Å²) in [6.45, 7) is 2.91. The summed E-state index contributed by atoms with van der Waals surface area (Å²) in [5, 5.41) is 12.7. The van der Waals surface area contributed by atoms with Crippen molar-refractivity contribution in [3.8, 4) is 6.07 Å². The van der Waals surface area contributed by atoms with E-state index in [0.29, 0.717) is 12.1 Å². The smallest absolute Gasteiger partial charge is 0.104 e. The Morgan fingerprint density at radius 1 is 1.16 bits per heavy atom. The second kappa shape index (κ2) is 7.26. The summed E-state index contributed by atoms with van der Waals surface area (Å²) in [5.41, 5.74) is -0.327. The van der Waals surface area contributed by atoms with Gasteiger partial charge in [-0.1, -0.05) is 19.3 Å². The van der Waals surface area contributed by atoms with Gasteiger partial charge in [-0.2, -0.15) is 5.26 Å². The summed E-state index contributed by atoms with van der Waals surface area (Å²) in [6, 6.07) is 3.04. The number of unbranched alkanes of at least 4 members (excludes halogenated alkanes) is 1. The highest BCUT2D eigenvalue weighted by atomic mass is 16.5. The second-order valence-corrected chi connectivity index (χ2v) is 6.45. The third kappa shape index (κ3) is 5.50. The van der Waals surface area contributed by atoms with Crippen LogP contribution in [0.3, 0.4) is 0 Å². The first-order valence-corrected chi connectivity index (χ1v) is 8.02. The first kappa shape index (κ1) is 14.8. The Labute approximate surface area is 117 Å². The molecule has 2 fully saturated rings. The van der Waals surface area contributed by atoms with Crippen LogP contribution >= 0.6 is 0 Å². The zero-order chi connectivity index (χ0) is 13.6. The van der Waals surface area contributed by atoms with Gasteiger partial charge in [-0.25, -0.2) is 0 Å². The molecule has 0 saturated heterocycles. The van der Waals surface area contributed by atoms with Crippen LogP contribution in [0.15, 0.2) is 0 Å². The minimum atomic E-state index is -0.327. The van der Waals surface area contributed by atoms with E-state index in [1.807, 2.05) is 6.92 Å². The highest BCUT2D eigenvalue weighted by molar-refractivity contribution is 5.06. The molecule has 2 rings (SSSR count). The molecule has 1 N–H and O–H groups in total. The third-order valence-corrected chi connectivity index (χ3v) is 4.32. The molecule has 0 aliphatic heterocycles. The Balaban J connectivity index is 1.53. The molecule has 19 heavy (non-hydrogen) atoms. The van der Waals surface area contributed by atoms with Crippen LogP contribution in [0.2, 0.25) is 0 Å². The normalized spacial score (nSPS) is 23.8. The Hall–Kier alpha value is -0.590. The van der Waals surface area contributed by atoms with Gasteiger partial charge in [0, 0.05) is 12.6 Å². The zero-order valence-electron chi connectivity index (χ0n) is 12.3. The van der Waals surface area contributed by atoms with Crippen molar-refractivity contribution in [1.82, 2.24) is 5.32 Å². The summed E-state index contributed by atoms with van der Waals surface area (Å²) in [5.74, 6) is 0. The zero-order valence-corrected chi connectivity index (χ0v) is 12.3. The summed E-state index contributed by atoms with van der Waals surface area (Å²) in [7, 11) is 0. The third-order valence-electron chi connectivity index (χ3n) is 4.32. The lowest BCUT2D eigenvalue weighted by molar-refractivity contribution is 0.0259. The lowest BCUT2D eigenvalue weighted by Gasteiger charge is -2.24. The molecular weight excluding hydrogens is 236 g/mol. The Kier molecular flexibility index (Phi) is 5.66. The molecule has 2 aliphatic rings. The maximum absolute atomic E-state index is 9.28. The quantitative estimate of drug-likeness (QED) is 0.682. The van der Waals surface area contributed by atoms with Gasteiger partial charge in [0.15, 0.2) is 0 Å². The van der Waals surface area contributed by atoms with E-state index in [1.54, 1.807) is 0 Å². The molecule has 0 spiro atoms. The fourth-order valence-electron chi connectivity index (χ4n) is 2.90. The van der Waals surface area contributed by atoms with E-state index in [4.69, 9.17) is 4.74 Å². The average molecular weight is 264 g/mol. The summed E-state index contributed by atoms with van der Waals surface area (Å²) in [6.07, 6.45) is 12.6. The van der Waals surface area contributed by atoms with Crippen LogP contribution in [0.1, 0.15) is 71.1 Å². The molecule has 1 unspecified atom stereocenters. The highest BCUT2D eigenvalue weighted by Crippen LogP contribution is 2.25. The molecule has 0 amide bonds. The summed E-state index contributed by atoms with van der Waals surface area (Å²) < 4.78 is 5.92. The standard InChI is InChI=1S/C16H28N2O/c1-16(13-17,18-14-9-10-14)11-5-6-12-19-15-7-3-2-4-8-15/h14-15,18H,2-12H2,1H3. The van der Waals surface area contributed by atoms with Crippen molar-refractivity contribution in [1.29, 1.82) is 5.26 Å². The fourth-order valence-corrected chi connectivity index (χ4v) is 2.90. The number of nitriles is 1. The van der Waals surface area contributed by atoms with Crippen LogP contribution in [-0.2, 0) is 4.74 Å². The van der Waals surface area contributed by atoms with E-state index in [0.717, 1.165) is 25.9 Å². The lowest BCUT2D eigenvalue weighted by Crippen LogP contribution is -2.42. The first-order chi connectivity index (χ1) is 9.22. The predicted molar refractivity (Wildman–Crippen MR) is 76.9 cm³/mol. The van der Waals surface area contributed by atoms with E-state index in [2.05, 4.69) is 11.4 Å². The van der Waals surface area contributed by atoms with Crippen LogP contribution in [0.4, 0.5) is 0 Å². The van der Waals surface area contributed by atoms with Crippen molar-refractivity contribution in [2.75, 3.05) is 6.61 Å². The minimum Gasteiger partial charge on any atom is -0.378 e. The Morgan fingerprint density at radius 3 is 2.53 bits per heavy atom. The maximum atomic E-state index is 9.28. The number of nitrogens with one attached hydrogen (secondary N) is 1. The molecule has 2 saturated carbocycles. The first-order valence-electron chi connectivity index (χ1n) is 8.02. The Bertz CT molecular complexity index is 302. The van der Waals surface area contributed by atoms with E-state index < -0.39 is 0 Å². The molecule has 0 aromatic heterocycles. The molecule has 0 radical (unpaired) electrons. The molecule has 0 bridgehead atoms. The van der Waals surface area contributed by atoms with Crippen LogP contribution in [-0.4, -0.2) is 24.3 Å². The number of hydrogen-bond acceptors (Lipinski definition) is 3. The average Bonchev–Trinajstić information content (AvgIpc) is 3.23. The van der Waals surface area contributed by atoms with Gasteiger partial charge >= 0.3 is 0 Å². The highest BCUT2D eigenvalue weighted by Gasteiger charge is 2.31. The van der Waals surface area contributed by atoms with Gasteiger partial charge in [0.2, 0.25) is 0 Å². The molecular formula is C16H28N2O. The van der Waals surface area contributed by atoms with Crippen LogP contribution < -0.4 is 5.32 Å². The van der Waals surface area contributed by atoms with Crippen molar-refractivity contribution in [2.24, 2.45) is 0 Å². The monoisotopic (exact) mass is 264 g/mol. The molecule has 0 heterocycles. The largest absolute Gasteiger partial charge is 0.378 e. The van der Waals surface area contributed by atoms with Crippen molar-refractivity contribution in [3.63, 3.8) is 0 Å². The number of rotatable bonds is 8. The van der Waals surface area contributed by atoms with Gasteiger partial charge in [0.25, 0.3) is 0 Å². The topological polar surface area (TPSA) is 45.0 Å². The maximum Gasteiger partial charge on any atom is 0.104 e. The number of nitrogens with zero attached hydrogens (tertiary/aromatic N) is 1. The van der Waals surface area contributed by atoms with Gasteiger partial charge in [0.05, 0.1) is 12.2 Å². The van der Waals surface area contributed by atoms with Crippen LogP contribution in [0.5, 0.6) is 0 Å². The lowest BCUT2D eigenvalue weighted by atomic mass is 9.96. The minimum absolute atomic E-state index is 0.327. The van der Waals surface area contributed by atoms with Crippen molar-refractivity contribution < 1.29 is 4.74 Å². The molecule has 0 aromatic carbocycles. The van der Waals surface area contributed by atoms with Gasteiger partial charge < -0.3 is 4.74 Å². The number of hydrogen-bond donors (Lipinski definition) is 1. The summed E-state index contributed by atoms with van der Waals surface area (Å²) in [4.78, 5) is 0. The predicted octanol–water partition coefficient (Wildman–Crippen LogP) is 3.54. The molecule has 3 heteroatoms. The summed E-state index contributed by atoms with van der Waals surface area (Å²) >= 11 is 0. The van der Waals surface area contributed by atoms with Crippen LogP contribution in [0, 0.1) is 11.3 Å². The van der Waals surface area contributed by atoms with Gasteiger partial charge in [-0.05, 0) is 51.9 Å². The molecule has 0 aromatic rings. The second-order valence-electron chi connectivity index (χ2n) is 6.45. The van der Waals surface area contributed by atoms with Gasteiger partial charge in [0.1, 0.15) is 5.54 Å². The van der Waals surface area contributed by atoms with Gasteiger partial charge in [-0.3, -0.25) is 5.32 Å². The molecule has 1 atom stereocenters. The van der Waals surface area contributed by atoms with Crippen molar-refractivity contribution >= 4 is 0 Å².